The second-order valence-corrected chi connectivity index (χ2v) is 23.5. The topological polar surface area (TPSA) is 137 Å². The summed E-state index contributed by atoms with van der Waals surface area (Å²) in [5.41, 5.74) is 6.51. The number of thiocarbonyl (C=S) groups is 1. The Hall–Kier alpha value is -7.41. The van der Waals surface area contributed by atoms with Gasteiger partial charge in [-0.1, -0.05) is 167 Å². The number of carbonyl (C=O) groups is 1. The molecule has 1 heterocycles. The Labute approximate surface area is 447 Å². The van der Waals surface area contributed by atoms with E-state index in [0.717, 1.165) is 40.7 Å². The monoisotopic (exact) mass is 1060 g/mol. The zero-order valence-corrected chi connectivity index (χ0v) is 45.4. The van der Waals surface area contributed by atoms with E-state index in [1.54, 1.807) is 77.6 Å². The number of hydrogen-bond acceptors (Lipinski definition) is 8. The molecule has 0 spiro atoms. The van der Waals surface area contributed by atoms with Crippen LogP contribution in [0.2, 0.25) is 0 Å². The van der Waals surface area contributed by atoms with Gasteiger partial charge in [0.05, 0.1) is 16.4 Å². The quantitative estimate of drug-likeness (QED) is 0.0645. The molecule has 0 aliphatic carbocycles. The van der Waals surface area contributed by atoms with E-state index in [2.05, 4.69) is 25.6 Å². The van der Waals surface area contributed by atoms with Gasteiger partial charge in [0, 0.05) is 37.6 Å². The summed E-state index contributed by atoms with van der Waals surface area (Å²) in [6.45, 7) is 20.5. The Balaban J connectivity index is 0.000000244. The average molecular weight is 1060 g/mol. The maximum Gasteiger partial charge on any atom is 0.373 e. The van der Waals surface area contributed by atoms with Gasteiger partial charge in [-0.15, -0.1) is 0 Å². The van der Waals surface area contributed by atoms with Crippen LogP contribution in [-0.2, 0) is 67.0 Å². The number of aryl methyl sites for hydroxylation is 1. The number of nitrogens with zero attached hydrogens (tertiary/aromatic N) is 5. The summed E-state index contributed by atoms with van der Waals surface area (Å²) in [4.78, 5) is 37.0. The van der Waals surface area contributed by atoms with Crippen molar-refractivity contribution in [3.63, 3.8) is 0 Å². The van der Waals surface area contributed by atoms with Gasteiger partial charge >= 0.3 is 6.15 Å². The van der Waals surface area contributed by atoms with Crippen molar-refractivity contribution in [3.05, 3.63) is 233 Å². The van der Waals surface area contributed by atoms with Crippen molar-refractivity contribution in [3.8, 4) is 0 Å². The van der Waals surface area contributed by atoms with Crippen LogP contribution in [0.5, 0.6) is 0 Å². The maximum atomic E-state index is 13.9. The van der Waals surface area contributed by atoms with Crippen LogP contribution in [0.15, 0.2) is 198 Å². The highest BCUT2D eigenvalue weighted by Crippen LogP contribution is 2.38. The summed E-state index contributed by atoms with van der Waals surface area (Å²) < 4.78 is 58.0. The van der Waals surface area contributed by atoms with Crippen molar-refractivity contribution in [2.24, 2.45) is 5.41 Å². The van der Waals surface area contributed by atoms with Gasteiger partial charge in [-0.05, 0) is 127 Å². The zero-order chi connectivity index (χ0) is 54.4. The molecule has 1 fully saturated rings. The van der Waals surface area contributed by atoms with E-state index in [9.17, 15) is 21.6 Å². The molecule has 0 aromatic heterocycles. The lowest BCUT2D eigenvalue weighted by Gasteiger charge is -2.29. The molecule has 15 heteroatoms. The van der Waals surface area contributed by atoms with Crippen molar-refractivity contribution in [2.75, 3.05) is 9.80 Å². The van der Waals surface area contributed by atoms with Gasteiger partial charge in [-0.25, -0.2) is 21.7 Å². The molecule has 1 amide bonds. The van der Waals surface area contributed by atoms with Crippen molar-refractivity contribution < 1.29 is 31.2 Å². The minimum absolute atomic E-state index is 0.148. The fourth-order valence-electron chi connectivity index (χ4n) is 8.48. The summed E-state index contributed by atoms with van der Waals surface area (Å²) in [6.07, 6.45) is 2.26. The molecule has 7 aromatic rings. The van der Waals surface area contributed by atoms with Gasteiger partial charge in [-0.3, -0.25) is 9.69 Å². The summed E-state index contributed by atoms with van der Waals surface area (Å²) >= 11 is 5.79. The van der Waals surface area contributed by atoms with Gasteiger partial charge in [0.25, 0.3) is 5.91 Å². The van der Waals surface area contributed by atoms with E-state index in [1.165, 1.54) is 14.8 Å². The predicted molar refractivity (Wildman–Crippen MR) is 298 cm³/mol. The van der Waals surface area contributed by atoms with Crippen molar-refractivity contribution >= 4 is 66.5 Å². The largest absolute Gasteiger partial charge is 0.373 e. The molecule has 0 bridgehead atoms. The predicted octanol–water partition coefficient (Wildman–Crippen LogP) is 12.3. The SMILES string of the molecule is CCC(C)(C)Cc1ccc(S(=O)(=O)N(Cc2ccccc2)Cc2ccccc2)cc1.O=C=O.[C-]#[N+]c1ccc(N2C(=O)C(C)(C)N(c3ccc(S(=O)(=O)N(Cc4ccccc4)Cc4ccccc4)cc3)C2=S)cc1C. The summed E-state index contributed by atoms with van der Waals surface area (Å²) in [5, 5.41) is 0.283. The smallest absolute Gasteiger partial charge is 0.304 e. The van der Waals surface area contributed by atoms with Crippen LogP contribution >= 0.6 is 12.2 Å². The lowest BCUT2D eigenvalue weighted by molar-refractivity contribution is -0.191. The minimum atomic E-state index is -3.88. The molecule has 0 saturated carbocycles. The van der Waals surface area contributed by atoms with Gasteiger partial charge in [0.1, 0.15) is 5.54 Å². The van der Waals surface area contributed by atoms with Crippen molar-refractivity contribution in [1.29, 1.82) is 0 Å². The van der Waals surface area contributed by atoms with E-state index in [4.69, 9.17) is 28.4 Å². The highest BCUT2D eigenvalue weighted by Gasteiger charge is 2.50. The van der Waals surface area contributed by atoms with Crippen LogP contribution < -0.4 is 9.80 Å². The van der Waals surface area contributed by atoms with Crippen LogP contribution in [0, 0.1) is 18.9 Å². The number of rotatable bonds is 17. The van der Waals surface area contributed by atoms with Crippen LogP contribution in [0.25, 0.3) is 4.85 Å². The highest BCUT2D eigenvalue weighted by molar-refractivity contribution is 7.89. The molecule has 0 unspecified atom stereocenters. The Bertz CT molecular complexity index is 3270. The van der Waals surface area contributed by atoms with E-state index in [1.807, 2.05) is 140 Å². The molecular weight excluding hydrogens is 999 g/mol. The Morgan fingerprint density at radius 2 is 0.947 bits per heavy atom. The number of hydrogen-bond donors (Lipinski definition) is 0. The molecule has 0 N–H and O–H groups in total. The van der Waals surface area contributed by atoms with Crippen molar-refractivity contribution in [1.82, 2.24) is 8.61 Å². The van der Waals surface area contributed by atoms with Crippen LogP contribution in [-0.4, -0.2) is 48.2 Å². The molecule has 1 aliphatic rings. The average Bonchev–Trinajstić information content (AvgIpc) is 3.58. The molecule has 7 aromatic carbocycles. The fourth-order valence-corrected chi connectivity index (χ4v) is 11.8. The van der Waals surface area contributed by atoms with E-state index >= 15 is 0 Å². The van der Waals surface area contributed by atoms with E-state index in [0.29, 0.717) is 35.0 Å². The first kappa shape index (κ1) is 56.9. The third-order valence-corrected chi connectivity index (χ3v) is 16.9. The van der Waals surface area contributed by atoms with Gasteiger partial charge in [0.2, 0.25) is 20.0 Å². The maximum absolute atomic E-state index is 13.9. The molecule has 75 heavy (non-hydrogen) atoms. The molecule has 8 rings (SSSR count). The lowest BCUT2D eigenvalue weighted by atomic mass is 9.83. The second kappa shape index (κ2) is 25.2. The summed E-state index contributed by atoms with van der Waals surface area (Å²) in [5.74, 6) is -0.212. The first-order valence-corrected chi connectivity index (χ1v) is 27.6. The molecule has 0 atom stereocenters. The summed E-state index contributed by atoms with van der Waals surface area (Å²) in [7, 11) is -7.51. The molecule has 1 saturated heterocycles. The third-order valence-electron chi connectivity index (χ3n) is 13.0. The first-order chi connectivity index (χ1) is 35.7. The van der Waals surface area contributed by atoms with E-state index < -0.39 is 25.6 Å². The molecule has 1 aliphatic heterocycles. The third kappa shape index (κ3) is 14.3. The zero-order valence-electron chi connectivity index (χ0n) is 43.0. The lowest BCUT2D eigenvalue weighted by Crippen LogP contribution is -2.44. The van der Waals surface area contributed by atoms with Gasteiger partial charge in [-0.2, -0.15) is 18.2 Å². The number of amides is 1. The minimum Gasteiger partial charge on any atom is -0.304 e. The Kier molecular flexibility index (Phi) is 19.1. The van der Waals surface area contributed by atoms with Crippen LogP contribution in [0.1, 0.15) is 74.4 Å². The number of benzene rings is 7. The molecule has 386 valence electrons. The number of carbonyl (C=O) groups excluding carboxylic acids is 3. The van der Waals surface area contributed by atoms with Crippen LogP contribution in [0.4, 0.5) is 17.1 Å². The van der Waals surface area contributed by atoms with E-state index in [-0.39, 0.29) is 40.6 Å². The molecule has 0 radical (unpaired) electrons. The standard InChI is InChI=1S/C33H30N4O3S2.C26H31NO2S.CO2/c1-24-21-28(17-20-30(24)34-4)36-31(38)33(2,3)37(32(36)41)27-15-18-29(19-16-27)42(39,40)35(22-25-11-7-5-8-12-25)23-26-13-9-6-10-14-26;1-4-26(2,3)19-22-15-17-25(18-16-22)30(28,29)27(20-23-11-7-5-8-12-23)21-24-13-9-6-10-14-24;2-1-3/h5-21H,22-23H2,1-3H3;5-18H,4,19-21H2,1-3H3;. The molecule has 12 nitrogen and oxygen atoms in total. The Morgan fingerprint density at radius 3 is 1.29 bits per heavy atom. The number of anilines is 2. The van der Waals surface area contributed by atoms with Crippen molar-refractivity contribution in [2.45, 2.75) is 95.9 Å². The van der Waals surface area contributed by atoms with Gasteiger partial charge < -0.3 is 4.90 Å². The fraction of sp³-hybridized carbons (Fsp3) is 0.233. The van der Waals surface area contributed by atoms with Crippen LogP contribution in [0.3, 0.4) is 0 Å². The Morgan fingerprint density at radius 1 is 0.587 bits per heavy atom. The number of sulfonamides is 2. The first-order valence-electron chi connectivity index (χ1n) is 24.3. The summed E-state index contributed by atoms with van der Waals surface area (Å²) in [6, 6.07) is 57.6. The molecular formula is C60H61N5O7S3. The second-order valence-electron chi connectivity index (χ2n) is 19.3. The van der Waals surface area contributed by atoms with Gasteiger partial charge in [0.15, 0.2) is 10.8 Å². The normalized spacial score (nSPS) is 13.3. The highest BCUT2D eigenvalue weighted by atomic mass is 32.2.